The molecular weight excluding hydrogens is 280 g/mol. The van der Waals surface area contributed by atoms with Crippen LogP contribution in [0.5, 0.6) is 11.5 Å². The summed E-state index contributed by atoms with van der Waals surface area (Å²) in [4.78, 5) is 12.4. The lowest BCUT2D eigenvalue weighted by molar-refractivity contribution is 0.103. The maximum Gasteiger partial charge on any atom is 0.195 e. The summed E-state index contributed by atoms with van der Waals surface area (Å²) in [5.74, 6) is -2.05. The molecule has 0 saturated carbocycles. The number of hydrogen-bond donors (Lipinski definition) is 1. The van der Waals surface area contributed by atoms with Crippen LogP contribution in [0.1, 0.15) is 15.9 Å². The molecule has 0 aliphatic rings. The quantitative estimate of drug-likeness (QED) is 0.695. The Hall–Kier alpha value is -2.63. The van der Waals surface area contributed by atoms with Gasteiger partial charge in [0.2, 0.25) is 0 Å². The van der Waals surface area contributed by atoms with Crippen LogP contribution in [0.2, 0.25) is 0 Å². The monoisotopic (exact) mass is 293 g/mol. The van der Waals surface area contributed by atoms with E-state index in [0.717, 1.165) is 12.1 Å². The number of carbonyl (C=O) groups excluding carboxylic acids is 1. The van der Waals surface area contributed by atoms with Crippen LogP contribution >= 0.6 is 0 Å². The number of halogens is 2. The summed E-state index contributed by atoms with van der Waals surface area (Å²) in [5.41, 5.74) is 6.04. The van der Waals surface area contributed by atoms with E-state index >= 15 is 0 Å². The molecule has 6 heteroatoms. The van der Waals surface area contributed by atoms with E-state index in [0.29, 0.717) is 5.75 Å². The minimum atomic E-state index is -1.10. The fourth-order valence-electron chi connectivity index (χ4n) is 1.87. The van der Waals surface area contributed by atoms with Crippen LogP contribution in [0.25, 0.3) is 0 Å². The Morgan fingerprint density at radius 2 is 1.76 bits per heavy atom. The van der Waals surface area contributed by atoms with Crippen molar-refractivity contribution < 1.29 is 23.0 Å². The summed E-state index contributed by atoms with van der Waals surface area (Å²) < 4.78 is 36.3. The fraction of sp³-hybridized carbons (Fsp3) is 0.133. The van der Waals surface area contributed by atoms with E-state index in [4.69, 9.17) is 15.2 Å². The molecule has 2 aromatic rings. The lowest BCUT2D eigenvalue weighted by Gasteiger charge is -2.12. The van der Waals surface area contributed by atoms with Crippen molar-refractivity contribution in [1.29, 1.82) is 0 Å². The van der Waals surface area contributed by atoms with Crippen molar-refractivity contribution in [2.24, 2.45) is 0 Å². The van der Waals surface area contributed by atoms with Gasteiger partial charge in [-0.1, -0.05) is 0 Å². The molecule has 0 aliphatic carbocycles. The molecule has 0 heterocycles. The van der Waals surface area contributed by atoms with Crippen molar-refractivity contribution in [3.8, 4) is 11.5 Å². The number of nitrogens with two attached hydrogens (primary N) is 1. The Morgan fingerprint density at radius 3 is 2.33 bits per heavy atom. The molecule has 0 amide bonds. The topological polar surface area (TPSA) is 61.6 Å². The fourth-order valence-corrected chi connectivity index (χ4v) is 1.87. The minimum Gasteiger partial charge on any atom is -0.497 e. The first-order valence-corrected chi connectivity index (χ1v) is 5.99. The number of carbonyl (C=O) groups is 1. The number of hydrogen-bond acceptors (Lipinski definition) is 4. The van der Waals surface area contributed by atoms with Crippen molar-refractivity contribution in [1.82, 2.24) is 0 Å². The molecule has 0 saturated heterocycles. The Bertz CT molecular complexity index is 702. The lowest BCUT2D eigenvalue weighted by Crippen LogP contribution is -2.08. The highest BCUT2D eigenvalue weighted by molar-refractivity contribution is 6.13. The number of anilines is 1. The maximum atomic E-state index is 13.2. The number of ether oxygens (including phenoxy) is 2. The van der Waals surface area contributed by atoms with Gasteiger partial charge in [0.05, 0.1) is 25.5 Å². The first-order chi connectivity index (χ1) is 9.97. The SMILES string of the molecule is COc1cc(OC)c(N)c(C(=O)c2ccc(F)c(F)c2)c1. The molecular formula is C15H13F2NO3. The Morgan fingerprint density at radius 1 is 1.05 bits per heavy atom. The molecule has 0 aliphatic heterocycles. The van der Waals surface area contributed by atoms with Gasteiger partial charge in [0.15, 0.2) is 17.4 Å². The van der Waals surface area contributed by atoms with E-state index in [1.165, 1.54) is 32.4 Å². The number of rotatable bonds is 4. The smallest absolute Gasteiger partial charge is 0.195 e. The molecule has 2 N–H and O–H groups in total. The molecule has 4 nitrogen and oxygen atoms in total. The molecule has 0 aromatic heterocycles. The van der Waals surface area contributed by atoms with Gasteiger partial charge in [-0.15, -0.1) is 0 Å². The van der Waals surface area contributed by atoms with Crippen LogP contribution in [-0.2, 0) is 0 Å². The van der Waals surface area contributed by atoms with Crippen LogP contribution in [0.3, 0.4) is 0 Å². The predicted molar refractivity (Wildman–Crippen MR) is 73.7 cm³/mol. The number of methoxy groups -OCH3 is 2. The van der Waals surface area contributed by atoms with Crippen LogP contribution in [0.15, 0.2) is 30.3 Å². The number of nitrogen functional groups attached to an aromatic ring is 1. The van der Waals surface area contributed by atoms with E-state index in [2.05, 4.69) is 0 Å². The summed E-state index contributed by atoms with van der Waals surface area (Å²) in [6, 6.07) is 5.84. The summed E-state index contributed by atoms with van der Waals surface area (Å²) in [5, 5.41) is 0. The molecule has 0 spiro atoms. The molecule has 0 unspecified atom stereocenters. The van der Waals surface area contributed by atoms with E-state index in [9.17, 15) is 13.6 Å². The second-order valence-electron chi connectivity index (χ2n) is 4.25. The maximum absolute atomic E-state index is 13.2. The average molecular weight is 293 g/mol. The van der Waals surface area contributed by atoms with Gasteiger partial charge in [-0.05, 0) is 24.3 Å². The van der Waals surface area contributed by atoms with Gasteiger partial charge in [0, 0.05) is 11.6 Å². The van der Waals surface area contributed by atoms with Crippen LogP contribution in [-0.4, -0.2) is 20.0 Å². The largest absolute Gasteiger partial charge is 0.497 e. The summed E-state index contributed by atoms with van der Waals surface area (Å²) >= 11 is 0. The first kappa shape index (κ1) is 14.8. The van der Waals surface area contributed by atoms with Gasteiger partial charge in [0.1, 0.15) is 11.5 Å². The standard InChI is InChI=1S/C15H13F2NO3/c1-20-9-6-10(14(18)13(7-9)21-2)15(19)8-3-4-11(16)12(17)5-8/h3-7H,18H2,1-2H3. The van der Waals surface area contributed by atoms with Crippen molar-refractivity contribution in [3.05, 3.63) is 53.1 Å². The third kappa shape index (κ3) is 2.79. The average Bonchev–Trinajstić information content (AvgIpc) is 2.49. The van der Waals surface area contributed by atoms with Gasteiger partial charge < -0.3 is 15.2 Å². The molecule has 2 aromatic carbocycles. The highest BCUT2D eigenvalue weighted by Crippen LogP contribution is 2.32. The molecule has 110 valence electrons. The van der Waals surface area contributed by atoms with E-state index in [-0.39, 0.29) is 22.6 Å². The van der Waals surface area contributed by atoms with Gasteiger partial charge in [0.25, 0.3) is 0 Å². The first-order valence-electron chi connectivity index (χ1n) is 5.99. The van der Waals surface area contributed by atoms with Gasteiger partial charge in [-0.25, -0.2) is 8.78 Å². The molecule has 21 heavy (non-hydrogen) atoms. The van der Waals surface area contributed by atoms with E-state index in [1.54, 1.807) is 0 Å². The molecule has 0 bridgehead atoms. The third-order valence-corrected chi connectivity index (χ3v) is 3.00. The van der Waals surface area contributed by atoms with Gasteiger partial charge in [-0.2, -0.15) is 0 Å². The summed E-state index contributed by atoms with van der Waals surface area (Å²) in [6.07, 6.45) is 0. The minimum absolute atomic E-state index is 0.0177. The third-order valence-electron chi connectivity index (χ3n) is 3.00. The van der Waals surface area contributed by atoms with E-state index in [1.807, 2.05) is 0 Å². The lowest BCUT2D eigenvalue weighted by atomic mass is 10.0. The highest BCUT2D eigenvalue weighted by atomic mass is 19.2. The van der Waals surface area contributed by atoms with Gasteiger partial charge >= 0.3 is 0 Å². The second-order valence-corrected chi connectivity index (χ2v) is 4.25. The Labute approximate surface area is 120 Å². The zero-order valence-electron chi connectivity index (χ0n) is 11.4. The summed E-state index contributed by atoms with van der Waals surface area (Å²) in [7, 11) is 2.83. The number of ketones is 1. The van der Waals surface area contributed by atoms with Crippen molar-refractivity contribution in [2.45, 2.75) is 0 Å². The highest BCUT2D eigenvalue weighted by Gasteiger charge is 2.18. The zero-order valence-corrected chi connectivity index (χ0v) is 11.4. The van der Waals surface area contributed by atoms with E-state index < -0.39 is 17.4 Å². The van der Waals surface area contributed by atoms with Crippen LogP contribution < -0.4 is 15.2 Å². The summed E-state index contributed by atoms with van der Waals surface area (Å²) in [6.45, 7) is 0. The van der Waals surface area contributed by atoms with Crippen molar-refractivity contribution >= 4 is 11.5 Å². The molecule has 0 fully saturated rings. The molecule has 0 radical (unpaired) electrons. The Balaban J connectivity index is 2.54. The Kier molecular flexibility index (Phi) is 4.07. The van der Waals surface area contributed by atoms with Gasteiger partial charge in [-0.3, -0.25) is 4.79 Å². The van der Waals surface area contributed by atoms with Crippen LogP contribution in [0.4, 0.5) is 14.5 Å². The van der Waals surface area contributed by atoms with Crippen LogP contribution in [0, 0.1) is 11.6 Å². The zero-order chi connectivity index (χ0) is 15.6. The second kappa shape index (κ2) is 5.78. The number of benzene rings is 2. The molecule has 0 atom stereocenters. The predicted octanol–water partition coefficient (Wildman–Crippen LogP) is 2.80. The normalized spacial score (nSPS) is 10.3. The van der Waals surface area contributed by atoms with Crippen molar-refractivity contribution in [2.75, 3.05) is 20.0 Å². The molecule has 2 rings (SSSR count). The van der Waals surface area contributed by atoms with Crippen molar-refractivity contribution in [3.63, 3.8) is 0 Å².